The molecule has 1 fully saturated rings. The molecule has 0 bridgehead atoms. The van der Waals surface area contributed by atoms with Gasteiger partial charge >= 0.3 is 0 Å². The van der Waals surface area contributed by atoms with Crippen molar-refractivity contribution in [3.63, 3.8) is 0 Å². The predicted octanol–water partition coefficient (Wildman–Crippen LogP) is 1.76. The van der Waals surface area contributed by atoms with E-state index in [2.05, 4.69) is 24.2 Å². The van der Waals surface area contributed by atoms with E-state index >= 15 is 0 Å². The number of nitrogens with zero attached hydrogens (tertiary/aromatic N) is 1. The summed E-state index contributed by atoms with van der Waals surface area (Å²) in [5, 5.41) is 3.06. The molecular formula is C22H36N4O5. The summed E-state index contributed by atoms with van der Waals surface area (Å²) in [6.45, 7) is 5.85. The maximum Gasteiger partial charge on any atom is 0.253 e. The van der Waals surface area contributed by atoms with Crippen LogP contribution < -0.4 is 26.3 Å². The molecule has 0 unspecified atom stereocenters. The van der Waals surface area contributed by atoms with Gasteiger partial charge in [-0.15, -0.1) is 0 Å². The second-order valence-corrected chi connectivity index (χ2v) is 7.68. The minimum atomic E-state index is -0.405. The first-order chi connectivity index (χ1) is 14.7. The predicted molar refractivity (Wildman–Crippen MR) is 120 cm³/mol. The molecule has 9 heteroatoms. The normalized spacial score (nSPS) is 13.6. The Bertz CT molecular complexity index is 727. The van der Waals surface area contributed by atoms with Crippen LogP contribution in [0.4, 0.5) is 0 Å². The van der Waals surface area contributed by atoms with Gasteiger partial charge in [0.15, 0.2) is 17.5 Å². The second kappa shape index (κ2) is 14.2. The number of ether oxygens (including phenoxy) is 3. The number of hydrogen-bond acceptors (Lipinski definition) is 5. The van der Waals surface area contributed by atoms with Crippen molar-refractivity contribution in [2.45, 2.75) is 52.0 Å². The lowest BCUT2D eigenvalue weighted by Gasteiger charge is -2.23. The molecule has 1 aromatic carbocycles. The molecule has 31 heavy (non-hydrogen) atoms. The van der Waals surface area contributed by atoms with Crippen molar-refractivity contribution < 1.29 is 23.8 Å². The molecule has 0 aliphatic carbocycles. The van der Waals surface area contributed by atoms with Gasteiger partial charge in [-0.25, -0.2) is 0 Å². The van der Waals surface area contributed by atoms with Crippen LogP contribution >= 0.6 is 0 Å². The van der Waals surface area contributed by atoms with Gasteiger partial charge in [0.2, 0.25) is 5.91 Å². The summed E-state index contributed by atoms with van der Waals surface area (Å²) in [5.41, 5.74) is 11.0. The molecule has 174 valence electrons. The first-order valence-electron chi connectivity index (χ1n) is 10.5. The van der Waals surface area contributed by atoms with Crippen LogP contribution in [-0.4, -0.2) is 51.2 Å². The van der Waals surface area contributed by atoms with Gasteiger partial charge in [0, 0.05) is 25.7 Å². The quantitative estimate of drug-likeness (QED) is 0.417. The Kier molecular flexibility index (Phi) is 12.0. The zero-order chi connectivity index (χ0) is 23.2. The van der Waals surface area contributed by atoms with Gasteiger partial charge in [0.05, 0.1) is 20.6 Å². The molecule has 2 rings (SSSR count). The highest BCUT2D eigenvalue weighted by Gasteiger charge is 2.15. The minimum absolute atomic E-state index is 0.109. The van der Waals surface area contributed by atoms with Crippen molar-refractivity contribution in [3.05, 3.63) is 23.8 Å². The van der Waals surface area contributed by atoms with E-state index in [1.807, 2.05) is 0 Å². The van der Waals surface area contributed by atoms with Gasteiger partial charge in [0.1, 0.15) is 0 Å². The molecule has 0 radical (unpaired) electrons. The zero-order valence-electron chi connectivity index (χ0n) is 19.0. The topological polar surface area (TPSA) is 138 Å². The summed E-state index contributed by atoms with van der Waals surface area (Å²) in [4.78, 5) is 26.3. The van der Waals surface area contributed by atoms with Gasteiger partial charge < -0.3 is 31.0 Å². The Hall–Kier alpha value is -2.81. The molecule has 1 heterocycles. The highest BCUT2D eigenvalue weighted by Crippen LogP contribution is 2.27. The number of aliphatic imine (C=N–C) groups is 1. The molecule has 0 spiro atoms. The van der Waals surface area contributed by atoms with Gasteiger partial charge in [-0.2, -0.15) is 4.99 Å². The number of methoxy groups -OCH3 is 2. The summed E-state index contributed by atoms with van der Waals surface area (Å²) in [5.74, 6) is 1.32. The molecule has 1 aliphatic rings. The summed E-state index contributed by atoms with van der Waals surface area (Å²) in [7, 11) is 3.07. The fourth-order valence-electron chi connectivity index (χ4n) is 2.91. The lowest BCUT2D eigenvalue weighted by Crippen LogP contribution is -2.38. The first-order valence-corrected chi connectivity index (χ1v) is 10.5. The number of nitrogens with two attached hydrogens (primary N) is 2. The standard InChI is InChI=1S/C11H15N3O3.C11H21NO2/c1-16-8-4-3-7(5-9(8)17-2)6-10(15)14-11(12)13;1-9(2)3-4-11(13)12-10-5-7-14-8-6-10/h3-5H,6H2,1-2H3,(H4,12,13,14,15);9-10H,3-8H2,1-2H3,(H,12,13). The Morgan fingerprint density at radius 1 is 1.16 bits per heavy atom. The van der Waals surface area contributed by atoms with Crippen LogP contribution in [0, 0.1) is 5.92 Å². The summed E-state index contributed by atoms with van der Waals surface area (Å²) < 4.78 is 15.4. The largest absolute Gasteiger partial charge is 0.493 e. The fourth-order valence-corrected chi connectivity index (χ4v) is 2.91. The van der Waals surface area contributed by atoms with Crippen LogP contribution in [0.15, 0.2) is 23.2 Å². The third-order valence-corrected chi connectivity index (χ3v) is 4.59. The fraction of sp³-hybridized carbons (Fsp3) is 0.591. The molecular weight excluding hydrogens is 400 g/mol. The monoisotopic (exact) mass is 436 g/mol. The highest BCUT2D eigenvalue weighted by atomic mass is 16.5. The van der Waals surface area contributed by atoms with Crippen molar-refractivity contribution in [3.8, 4) is 11.5 Å². The van der Waals surface area contributed by atoms with Crippen LogP contribution in [0.5, 0.6) is 11.5 Å². The molecule has 1 saturated heterocycles. The molecule has 0 atom stereocenters. The van der Waals surface area contributed by atoms with Crippen LogP contribution in [-0.2, 0) is 20.7 Å². The Labute approximate surface area is 184 Å². The van der Waals surface area contributed by atoms with Crippen LogP contribution in [0.25, 0.3) is 0 Å². The Morgan fingerprint density at radius 3 is 2.35 bits per heavy atom. The Balaban J connectivity index is 0.000000316. The minimum Gasteiger partial charge on any atom is -0.493 e. The second-order valence-electron chi connectivity index (χ2n) is 7.68. The zero-order valence-corrected chi connectivity index (χ0v) is 19.0. The molecule has 1 aliphatic heterocycles. The van der Waals surface area contributed by atoms with Crippen molar-refractivity contribution in [1.29, 1.82) is 0 Å². The number of carbonyl (C=O) groups excluding carboxylic acids is 2. The maximum atomic E-state index is 11.5. The van der Waals surface area contributed by atoms with Gasteiger partial charge in [0.25, 0.3) is 5.91 Å². The molecule has 0 saturated carbocycles. The lowest BCUT2D eigenvalue weighted by molar-refractivity contribution is -0.122. The number of rotatable bonds is 8. The Morgan fingerprint density at radius 2 is 1.81 bits per heavy atom. The van der Waals surface area contributed by atoms with Crippen molar-refractivity contribution in [2.24, 2.45) is 22.4 Å². The van der Waals surface area contributed by atoms with Crippen molar-refractivity contribution in [2.75, 3.05) is 27.4 Å². The molecule has 5 N–H and O–H groups in total. The first kappa shape index (κ1) is 26.2. The highest BCUT2D eigenvalue weighted by molar-refractivity contribution is 5.92. The SMILES string of the molecule is CC(C)CCC(=O)NC1CCOCC1.COc1ccc(CC(=O)N=C(N)N)cc1OC. The van der Waals surface area contributed by atoms with Crippen LogP contribution in [0.2, 0.25) is 0 Å². The molecule has 2 amide bonds. The number of carbonyl (C=O) groups is 2. The van der Waals surface area contributed by atoms with E-state index in [0.29, 0.717) is 29.9 Å². The molecule has 9 nitrogen and oxygen atoms in total. The average Bonchev–Trinajstić information content (AvgIpc) is 2.72. The van der Waals surface area contributed by atoms with E-state index in [4.69, 9.17) is 25.7 Å². The van der Waals surface area contributed by atoms with Gasteiger partial charge in [-0.05, 0) is 42.9 Å². The van der Waals surface area contributed by atoms with E-state index < -0.39 is 5.91 Å². The van der Waals surface area contributed by atoms with E-state index in [-0.39, 0.29) is 18.3 Å². The van der Waals surface area contributed by atoms with Crippen LogP contribution in [0.1, 0.15) is 45.1 Å². The van der Waals surface area contributed by atoms with Crippen molar-refractivity contribution >= 4 is 17.8 Å². The van der Waals surface area contributed by atoms with E-state index in [0.717, 1.165) is 38.0 Å². The number of hydrogen-bond donors (Lipinski definition) is 3. The van der Waals surface area contributed by atoms with E-state index in [9.17, 15) is 9.59 Å². The lowest BCUT2D eigenvalue weighted by atomic mass is 10.1. The summed E-state index contributed by atoms with van der Waals surface area (Å²) in [6.07, 6.45) is 3.68. The smallest absolute Gasteiger partial charge is 0.253 e. The number of guanidine groups is 1. The third-order valence-electron chi connectivity index (χ3n) is 4.59. The summed E-state index contributed by atoms with van der Waals surface area (Å²) >= 11 is 0. The average molecular weight is 437 g/mol. The third kappa shape index (κ3) is 11.2. The number of benzene rings is 1. The van der Waals surface area contributed by atoms with Gasteiger partial charge in [-0.3, -0.25) is 9.59 Å². The van der Waals surface area contributed by atoms with E-state index in [1.54, 1.807) is 25.3 Å². The summed E-state index contributed by atoms with van der Waals surface area (Å²) in [6, 6.07) is 5.53. The molecule has 0 aromatic heterocycles. The number of amides is 2. The molecule has 1 aromatic rings. The maximum absolute atomic E-state index is 11.5. The van der Waals surface area contributed by atoms with Crippen LogP contribution in [0.3, 0.4) is 0 Å². The van der Waals surface area contributed by atoms with Crippen molar-refractivity contribution in [1.82, 2.24) is 5.32 Å². The van der Waals surface area contributed by atoms with E-state index in [1.165, 1.54) is 7.11 Å². The number of nitrogens with one attached hydrogen (secondary N) is 1. The van der Waals surface area contributed by atoms with Gasteiger partial charge in [-0.1, -0.05) is 19.9 Å².